The van der Waals surface area contributed by atoms with Crippen molar-refractivity contribution in [2.45, 2.75) is 39.2 Å². The number of unbranched alkanes of at least 4 members (excludes halogenated alkanes) is 2. The lowest BCUT2D eigenvalue weighted by Gasteiger charge is -2.13. The Morgan fingerprint density at radius 2 is 2.22 bits per heavy atom. The van der Waals surface area contributed by atoms with Crippen LogP contribution >= 0.6 is 0 Å². The summed E-state index contributed by atoms with van der Waals surface area (Å²) in [5, 5.41) is 2.78. The van der Waals surface area contributed by atoms with Crippen LogP contribution in [0.2, 0.25) is 0 Å². The third-order valence-electron chi connectivity index (χ3n) is 2.64. The van der Waals surface area contributed by atoms with Crippen molar-refractivity contribution in [2.75, 3.05) is 17.7 Å². The Morgan fingerprint density at radius 3 is 2.89 bits per heavy atom. The molecule has 0 aliphatic heterocycles. The van der Waals surface area contributed by atoms with Crippen LogP contribution in [0.4, 0.5) is 11.4 Å². The Bertz CT molecular complexity index is 380. The number of amides is 1. The van der Waals surface area contributed by atoms with E-state index in [-0.39, 0.29) is 5.91 Å². The molecule has 1 amide bonds. The maximum Gasteiger partial charge on any atom is 0.253 e. The molecule has 4 heteroatoms. The van der Waals surface area contributed by atoms with Gasteiger partial charge in [0.15, 0.2) is 0 Å². The third kappa shape index (κ3) is 5.19. The topological polar surface area (TPSA) is 64.3 Å². The van der Waals surface area contributed by atoms with Crippen LogP contribution in [-0.2, 0) is 9.53 Å². The fraction of sp³-hybridized carbons (Fsp3) is 0.500. The lowest BCUT2D eigenvalue weighted by molar-refractivity contribution is -0.126. The van der Waals surface area contributed by atoms with Crippen LogP contribution in [-0.4, -0.2) is 18.6 Å². The minimum Gasteiger partial charge on any atom is -0.399 e. The first-order valence-electron chi connectivity index (χ1n) is 6.41. The number of benzene rings is 1. The molecule has 100 valence electrons. The molecule has 1 aromatic rings. The molecule has 1 atom stereocenters. The molecule has 0 fully saturated rings. The molecule has 1 unspecified atom stereocenters. The summed E-state index contributed by atoms with van der Waals surface area (Å²) in [4.78, 5) is 11.8. The van der Waals surface area contributed by atoms with E-state index in [0.29, 0.717) is 18.0 Å². The Hall–Kier alpha value is -1.55. The van der Waals surface area contributed by atoms with Gasteiger partial charge in [0.05, 0.1) is 0 Å². The number of anilines is 2. The van der Waals surface area contributed by atoms with Crippen molar-refractivity contribution in [2.24, 2.45) is 0 Å². The smallest absolute Gasteiger partial charge is 0.253 e. The molecule has 3 N–H and O–H groups in total. The number of hydrogen-bond acceptors (Lipinski definition) is 3. The number of hydrogen-bond donors (Lipinski definition) is 2. The molecule has 0 spiro atoms. The van der Waals surface area contributed by atoms with Gasteiger partial charge in [-0.2, -0.15) is 0 Å². The molecule has 4 nitrogen and oxygen atoms in total. The average Bonchev–Trinajstić information content (AvgIpc) is 2.34. The SMILES string of the molecule is CCCCCOC(C)C(=O)Nc1cccc(N)c1. The average molecular weight is 250 g/mol. The van der Waals surface area contributed by atoms with Crippen molar-refractivity contribution in [3.8, 4) is 0 Å². The van der Waals surface area contributed by atoms with E-state index in [2.05, 4.69) is 12.2 Å². The second-order valence-corrected chi connectivity index (χ2v) is 4.33. The van der Waals surface area contributed by atoms with Crippen LogP contribution < -0.4 is 11.1 Å². The molecule has 0 aliphatic rings. The van der Waals surface area contributed by atoms with Gasteiger partial charge in [-0.25, -0.2) is 0 Å². The summed E-state index contributed by atoms with van der Waals surface area (Å²) in [6.07, 6.45) is 2.83. The van der Waals surface area contributed by atoms with E-state index in [0.717, 1.165) is 19.3 Å². The van der Waals surface area contributed by atoms with Gasteiger partial charge in [-0.15, -0.1) is 0 Å². The zero-order chi connectivity index (χ0) is 13.4. The molecule has 0 saturated heterocycles. The van der Waals surface area contributed by atoms with Gasteiger partial charge in [-0.05, 0) is 31.5 Å². The molecule has 0 bridgehead atoms. The van der Waals surface area contributed by atoms with E-state index < -0.39 is 6.10 Å². The molecular formula is C14H22N2O2. The van der Waals surface area contributed by atoms with Gasteiger partial charge < -0.3 is 15.8 Å². The van der Waals surface area contributed by atoms with Crippen LogP contribution in [0.15, 0.2) is 24.3 Å². The number of nitrogens with two attached hydrogens (primary N) is 1. The maximum absolute atomic E-state index is 11.8. The molecule has 1 rings (SSSR count). The van der Waals surface area contributed by atoms with Gasteiger partial charge in [-0.3, -0.25) is 4.79 Å². The van der Waals surface area contributed by atoms with E-state index in [1.807, 2.05) is 0 Å². The van der Waals surface area contributed by atoms with Crippen LogP contribution in [0.5, 0.6) is 0 Å². The second-order valence-electron chi connectivity index (χ2n) is 4.33. The van der Waals surface area contributed by atoms with E-state index in [1.165, 1.54) is 0 Å². The fourth-order valence-electron chi connectivity index (χ4n) is 1.55. The lowest BCUT2D eigenvalue weighted by Crippen LogP contribution is -2.28. The van der Waals surface area contributed by atoms with Gasteiger partial charge in [0, 0.05) is 18.0 Å². The van der Waals surface area contributed by atoms with Gasteiger partial charge >= 0.3 is 0 Å². The van der Waals surface area contributed by atoms with Gasteiger partial charge in [0.2, 0.25) is 0 Å². The first-order valence-corrected chi connectivity index (χ1v) is 6.41. The summed E-state index contributed by atoms with van der Waals surface area (Å²) >= 11 is 0. The Kier molecular flexibility index (Phi) is 6.22. The van der Waals surface area contributed by atoms with Gasteiger partial charge in [-0.1, -0.05) is 25.8 Å². The monoisotopic (exact) mass is 250 g/mol. The van der Waals surface area contributed by atoms with Crippen LogP contribution in [0.1, 0.15) is 33.1 Å². The standard InChI is InChI=1S/C14H22N2O2/c1-3-4-5-9-18-11(2)14(17)16-13-8-6-7-12(15)10-13/h6-8,10-11H,3-5,9,15H2,1-2H3,(H,16,17). The van der Waals surface area contributed by atoms with Crippen molar-refractivity contribution in [3.05, 3.63) is 24.3 Å². The highest BCUT2D eigenvalue weighted by Gasteiger charge is 2.13. The first-order chi connectivity index (χ1) is 8.63. The van der Waals surface area contributed by atoms with Crippen molar-refractivity contribution in [1.82, 2.24) is 0 Å². The third-order valence-corrected chi connectivity index (χ3v) is 2.64. The number of ether oxygens (including phenoxy) is 1. The predicted molar refractivity (Wildman–Crippen MR) is 74.4 cm³/mol. The summed E-state index contributed by atoms with van der Waals surface area (Å²) in [5.74, 6) is -0.142. The zero-order valence-electron chi connectivity index (χ0n) is 11.1. The number of nitrogens with one attached hydrogen (secondary N) is 1. The molecule has 0 radical (unpaired) electrons. The summed E-state index contributed by atoms with van der Waals surface area (Å²) in [6, 6.07) is 7.11. The number of nitrogen functional groups attached to an aromatic ring is 1. The molecular weight excluding hydrogens is 228 g/mol. The Balaban J connectivity index is 2.35. The van der Waals surface area contributed by atoms with Crippen LogP contribution in [0.3, 0.4) is 0 Å². The molecule has 0 heterocycles. The van der Waals surface area contributed by atoms with E-state index in [4.69, 9.17) is 10.5 Å². The first kappa shape index (κ1) is 14.5. The molecule has 0 saturated carbocycles. The van der Waals surface area contributed by atoms with Crippen molar-refractivity contribution in [1.29, 1.82) is 0 Å². The number of carbonyl (C=O) groups is 1. The minimum atomic E-state index is -0.441. The summed E-state index contributed by atoms with van der Waals surface area (Å²) in [5.41, 5.74) is 6.97. The summed E-state index contributed by atoms with van der Waals surface area (Å²) < 4.78 is 5.46. The Labute approximate surface area is 109 Å². The summed E-state index contributed by atoms with van der Waals surface area (Å²) in [6.45, 7) is 4.52. The largest absolute Gasteiger partial charge is 0.399 e. The molecule has 1 aromatic carbocycles. The Morgan fingerprint density at radius 1 is 1.44 bits per heavy atom. The van der Waals surface area contributed by atoms with E-state index in [1.54, 1.807) is 31.2 Å². The van der Waals surface area contributed by atoms with Gasteiger partial charge in [0.1, 0.15) is 6.10 Å². The lowest BCUT2D eigenvalue weighted by atomic mass is 10.2. The normalized spacial score (nSPS) is 12.1. The number of rotatable bonds is 7. The highest BCUT2D eigenvalue weighted by atomic mass is 16.5. The van der Waals surface area contributed by atoms with E-state index >= 15 is 0 Å². The zero-order valence-corrected chi connectivity index (χ0v) is 11.1. The van der Waals surface area contributed by atoms with Crippen molar-refractivity contribution < 1.29 is 9.53 Å². The van der Waals surface area contributed by atoms with E-state index in [9.17, 15) is 4.79 Å². The highest BCUT2D eigenvalue weighted by molar-refractivity contribution is 5.94. The molecule has 18 heavy (non-hydrogen) atoms. The van der Waals surface area contributed by atoms with Crippen LogP contribution in [0, 0.1) is 0 Å². The predicted octanol–water partition coefficient (Wildman–Crippen LogP) is 2.80. The minimum absolute atomic E-state index is 0.142. The van der Waals surface area contributed by atoms with Crippen molar-refractivity contribution in [3.63, 3.8) is 0 Å². The maximum atomic E-state index is 11.8. The molecule has 0 aromatic heterocycles. The fourth-order valence-corrected chi connectivity index (χ4v) is 1.55. The highest BCUT2D eigenvalue weighted by Crippen LogP contribution is 2.12. The second kappa shape index (κ2) is 7.71. The quantitative estimate of drug-likeness (QED) is 0.577. The van der Waals surface area contributed by atoms with Gasteiger partial charge in [0.25, 0.3) is 5.91 Å². The summed E-state index contributed by atoms with van der Waals surface area (Å²) in [7, 11) is 0. The molecule has 0 aliphatic carbocycles. The number of carbonyl (C=O) groups excluding carboxylic acids is 1. The van der Waals surface area contributed by atoms with Crippen LogP contribution in [0.25, 0.3) is 0 Å². The van der Waals surface area contributed by atoms with Crippen molar-refractivity contribution >= 4 is 17.3 Å².